The Bertz CT molecular complexity index is 1140. The fourth-order valence-electron chi connectivity index (χ4n) is 4.44. The third kappa shape index (κ3) is 6.45. The Labute approximate surface area is 208 Å². The standard InChI is InChI=1S/C27H30FN3O3S/c1-2-19(18-10-4-3-5-11-18)26(32)30-21-13-7-8-14-22(21)31-27(33)23-17-35-25(29-23)16-34-24-15-9-6-12-20(24)28/h3-6,9-12,15,17,19,21-22H,2,7-8,13-14,16H2,1H3,(H,30,32)(H,31,33)/t19-,21-,22+/m0/s1. The van der Waals surface area contributed by atoms with Crippen LogP contribution in [0, 0.1) is 5.82 Å². The first kappa shape index (κ1) is 24.9. The van der Waals surface area contributed by atoms with Gasteiger partial charge in [-0.3, -0.25) is 9.59 Å². The summed E-state index contributed by atoms with van der Waals surface area (Å²) in [5.74, 6) is -0.795. The predicted octanol–water partition coefficient (Wildman–Crippen LogP) is 5.21. The van der Waals surface area contributed by atoms with Crippen LogP contribution >= 0.6 is 11.3 Å². The third-order valence-electron chi connectivity index (χ3n) is 6.31. The van der Waals surface area contributed by atoms with E-state index >= 15 is 0 Å². The van der Waals surface area contributed by atoms with Crippen molar-refractivity contribution in [3.8, 4) is 5.75 Å². The zero-order valence-electron chi connectivity index (χ0n) is 19.7. The molecule has 184 valence electrons. The Balaban J connectivity index is 1.35. The van der Waals surface area contributed by atoms with Gasteiger partial charge in [-0.05, 0) is 37.0 Å². The normalized spacial score (nSPS) is 18.5. The molecular formula is C27H30FN3O3S. The summed E-state index contributed by atoms with van der Waals surface area (Å²) < 4.78 is 19.2. The number of hydrogen-bond donors (Lipinski definition) is 2. The highest BCUT2D eigenvalue weighted by Crippen LogP contribution is 2.24. The van der Waals surface area contributed by atoms with Gasteiger partial charge >= 0.3 is 0 Å². The summed E-state index contributed by atoms with van der Waals surface area (Å²) in [6, 6.07) is 15.7. The van der Waals surface area contributed by atoms with Crippen LogP contribution in [0.25, 0.3) is 0 Å². The largest absolute Gasteiger partial charge is 0.483 e. The van der Waals surface area contributed by atoms with Crippen molar-refractivity contribution < 1.29 is 18.7 Å². The fourth-order valence-corrected chi connectivity index (χ4v) is 5.13. The van der Waals surface area contributed by atoms with E-state index in [1.807, 2.05) is 37.3 Å². The van der Waals surface area contributed by atoms with Gasteiger partial charge in [0.25, 0.3) is 5.91 Å². The van der Waals surface area contributed by atoms with Gasteiger partial charge in [-0.25, -0.2) is 9.37 Å². The van der Waals surface area contributed by atoms with Gasteiger partial charge in [0.05, 0.1) is 5.92 Å². The Morgan fingerprint density at radius 3 is 2.46 bits per heavy atom. The smallest absolute Gasteiger partial charge is 0.271 e. The molecule has 4 rings (SSSR count). The molecule has 6 nitrogen and oxygen atoms in total. The van der Waals surface area contributed by atoms with E-state index in [1.54, 1.807) is 23.6 Å². The summed E-state index contributed by atoms with van der Waals surface area (Å²) in [5.41, 5.74) is 1.30. The van der Waals surface area contributed by atoms with Crippen LogP contribution in [0.4, 0.5) is 4.39 Å². The molecule has 1 aliphatic carbocycles. The van der Waals surface area contributed by atoms with Gasteiger partial charge in [-0.2, -0.15) is 0 Å². The average molecular weight is 496 g/mol. The summed E-state index contributed by atoms with van der Waals surface area (Å²) in [6.45, 7) is 2.09. The maximum Gasteiger partial charge on any atom is 0.271 e. The van der Waals surface area contributed by atoms with Gasteiger partial charge in [-0.15, -0.1) is 11.3 Å². The summed E-state index contributed by atoms with van der Waals surface area (Å²) >= 11 is 1.29. The average Bonchev–Trinajstić information content (AvgIpc) is 3.35. The molecule has 35 heavy (non-hydrogen) atoms. The van der Waals surface area contributed by atoms with Crippen molar-refractivity contribution in [3.05, 3.63) is 82.1 Å². The molecule has 0 aliphatic heterocycles. The Morgan fingerprint density at radius 1 is 1.06 bits per heavy atom. The van der Waals surface area contributed by atoms with Crippen LogP contribution in [-0.4, -0.2) is 28.9 Å². The number of ether oxygens (including phenoxy) is 1. The number of aromatic nitrogens is 1. The van der Waals surface area contributed by atoms with Crippen molar-refractivity contribution in [1.82, 2.24) is 15.6 Å². The number of benzene rings is 2. The second-order valence-electron chi connectivity index (χ2n) is 8.70. The maximum absolute atomic E-state index is 13.7. The van der Waals surface area contributed by atoms with Crippen molar-refractivity contribution >= 4 is 23.2 Å². The molecule has 3 atom stereocenters. The van der Waals surface area contributed by atoms with Crippen LogP contribution in [0.1, 0.15) is 66.0 Å². The minimum atomic E-state index is -0.440. The molecule has 0 bridgehead atoms. The minimum absolute atomic E-state index is 0.00825. The summed E-state index contributed by atoms with van der Waals surface area (Å²) in [4.78, 5) is 30.4. The second kappa shape index (κ2) is 11.9. The number of amides is 2. The van der Waals surface area contributed by atoms with E-state index in [2.05, 4.69) is 15.6 Å². The number of thiazole rings is 1. The molecule has 0 radical (unpaired) electrons. The first-order valence-electron chi connectivity index (χ1n) is 12.0. The molecular weight excluding hydrogens is 465 g/mol. The number of nitrogens with one attached hydrogen (secondary N) is 2. The Hall–Kier alpha value is -3.26. The summed E-state index contributed by atoms with van der Waals surface area (Å²) in [6.07, 6.45) is 4.32. The molecule has 3 aromatic rings. The van der Waals surface area contributed by atoms with Gasteiger partial charge < -0.3 is 15.4 Å². The number of hydrogen-bond acceptors (Lipinski definition) is 5. The lowest BCUT2D eigenvalue weighted by Gasteiger charge is -2.33. The molecule has 1 heterocycles. The molecule has 1 fully saturated rings. The number of carbonyl (C=O) groups is 2. The van der Waals surface area contributed by atoms with Crippen molar-refractivity contribution in [1.29, 1.82) is 0 Å². The van der Waals surface area contributed by atoms with Crippen molar-refractivity contribution in [2.24, 2.45) is 0 Å². The molecule has 1 aromatic heterocycles. The monoisotopic (exact) mass is 495 g/mol. The Morgan fingerprint density at radius 2 is 1.74 bits per heavy atom. The molecule has 2 aromatic carbocycles. The molecule has 1 aliphatic rings. The van der Waals surface area contributed by atoms with Crippen LogP contribution in [0.5, 0.6) is 5.75 Å². The zero-order chi connectivity index (χ0) is 24.6. The van der Waals surface area contributed by atoms with Crippen LogP contribution < -0.4 is 15.4 Å². The van der Waals surface area contributed by atoms with Gasteiger partial charge in [0.2, 0.25) is 5.91 Å². The van der Waals surface area contributed by atoms with Crippen molar-refractivity contribution in [2.75, 3.05) is 0 Å². The van der Waals surface area contributed by atoms with Crippen LogP contribution in [0.15, 0.2) is 60.0 Å². The lowest BCUT2D eigenvalue weighted by atomic mass is 9.88. The number of halogens is 1. The summed E-state index contributed by atoms with van der Waals surface area (Å²) in [5, 5.41) is 8.53. The first-order chi connectivity index (χ1) is 17.0. The highest BCUT2D eigenvalue weighted by Gasteiger charge is 2.30. The maximum atomic E-state index is 13.7. The van der Waals surface area contributed by atoms with Gasteiger partial charge in [0, 0.05) is 17.5 Å². The van der Waals surface area contributed by atoms with E-state index in [1.165, 1.54) is 17.4 Å². The third-order valence-corrected chi connectivity index (χ3v) is 7.13. The van der Waals surface area contributed by atoms with E-state index in [0.29, 0.717) is 17.1 Å². The van der Waals surface area contributed by atoms with Gasteiger partial charge in [0.1, 0.15) is 17.3 Å². The molecule has 0 saturated heterocycles. The topological polar surface area (TPSA) is 80.3 Å². The lowest BCUT2D eigenvalue weighted by molar-refractivity contribution is -0.123. The molecule has 8 heteroatoms. The van der Waals surface area contributed by atoms with E-state index < -0.39 is 5.82 Å². The van der Waals surface area contributed by atoms with E-state index in [4.69, 9.17) is 4.74 Å². The van der Waals surface area contributed by atoms with Crippen molar-refractivity contribution in [2.45, 2.75) is 63.6 Å². The van der Waals surface area contributed by atoms with Crippen LogP contribution in [0.3, 0.4) is 0 Å². The summed E-state index contributed by atoms with van der Waals surface area (Å²) in [7, 11) is 0. The fraction of sp³-hybridized carbons (Fsp3) is 0.370. The van der Waals surface area contributed by atoms with Crippen LogP contribution in [-0.2, 0) is 11.4 Å². The second-order valence-corrected chi connectivity index (χ2v) is 9.64. The highest BCUT2D eigenvalue weighted by molar-refractivity contribution is 7.09. The first-order valence-corrected chi connectivity index (χ1v) is 12.9. The van der Waals surface area contributed by atoms with Gasteiger partial charge in [0.15, 0.2) is 11.6 Å². The van der Waals surface area contributed by atoms with E-state index in [0.717, 1.165) is 31.2 Å². The number of carbonyl (C=O) groups excluding carboxylic acids is 2. The Kier molecular flexibility index (Phi) is 8.47. The number of nitrogens with zero attached hydrogens (tertiary/aromatic N) is 1. The highest BCUT2D eigenvalue weighted by atomic mass is 32.1. The van der Waals surface area contributed by atoms with Gasteiger partial charge in [-0.1, -0.05) is 62.2 Å². The zero-order valence-corrected chi connectivity index (χ0v) is 20.5. The van der Waals surface area contributed by atoms with Crippen LogP contribution in [0.2, 0.25) is 0 Å². The number of rotatable bonds is 9. The number of para-hydroxylation sites is 1. The molecule has 0 unspecified atom stereocenters. The van der Waals surface area contributed by atoms with E-state index in [-0.39, 0.29) is 42.2 Å². The minimum Gasteiger partial charge on any atom is -0.483 e. The molecule has 0 spiro atoms. The lowest BCUT2D eigenvalue weighted by Crippen LogP contribution is -2.54. The molecule has 1 saturated carbocycles. The quantitative estimate of drug-likeness (QED) is 0.427. The molecule has 2 amide bonds. The van der Waals surface area contributed by atoms with E-state index in [9.17, 15) is 14.0 Å². The van der Waals surface area contributed by atoms with Crippen molar-refractivity contribution in [3.63, 3.8) is 0 Å². The SMILES string of the molecule is CC[C@H](C(=O)N[C@H]1CCCC[C@H]1NC(=O)c1csc(COc2ccccc2F)n1)c1ccccc1. The predicted molar refractivity (Wildman–Crippen MR) is 134 cm³/mol. The molecule has 2 N–H and O–H groups in total.